The van der Waals surface area contributed by atoms with E-state index >= 15 is 0 Å². The minimum Gasteiger partial charge on any atom is -0.480 e. The highest BCUT2D eigenvalue weighted by Gasteiger charge is 2.12. The average Bonchev–Trinajstić information content (AvgIpc) is 2.46. The number of aromatic nitrogens is 1. The van der Waals surface area contributed by atoms with Gasteiger partial charge in [0.15, 0.2) is 0 Å². The van der Waals surface area contributed by atoms with Gasteiger partial charge in [0.05, 0.1) is 7.11 Å². The number of carbonyl (C=O) groups excluding carboxylic acids is 1. The van der Waals surface area contributed by atoms with Crippen LogP contribution in [0.15, 0.2) is 41.0 Å². The predicted molar refractivity (Wildman–Crippen MR) is 80.8 cm³/mol. The van der Waals surface area contributed by atoms with Crippen molar-refractivity contribution in [3.63, 3.8) is 0 Å². The molecule has 0 fully saturated rings. The van der Waals surface area contributed by atoms with Crippen molar-refractivity contribution in [2.24, 2.45) is 0 Å². The maximum atomic E-state index is 12.1. The third-order valence-electron chi connectivity index (χ3n) is 2.95. The predicted octanol–water partition coefficient (Wildman–Crippen LogP) is 3.09. The number of amides is 1. The van der Waals surface area contributed by atoms with Gasteiger partial charge >= 0.3 is 0 Å². The van der Waals surface area contributed by atoms with Gasteiger partial charge in [0.25, 0.3) is 5.91 Å². The molecule has 2 rings (SSSR count). The zero-order valence-electron chi connectivity index (χ0n) is 11.3. The fourth-order valence-corrected chi connectivity index (χ4v) is 2.33. The standard InChI is InChI=1S/C15H15BrN2O2/c1-10-8-12(16)6-5-11(10)9-18-14(19)13-4-3-7-17-15(13)20-2/h3-8H,9H2,1-2H3,(H,18,19). The molecule has 0 aliphatic heterocycles. The number of pyridine rings is 1. The number of nitrogens with one attached hydrogen (secondary N) is 1. The summed E-state index contributed by atoms with van der Waals surface area (Å²) < 4.78 is 6.11. The van der Waals surface area contributed by atoms with Crippen LogP contribution in [0.2, 0.25) is 0 Å². The number of carbonyl (C=O) groups is 1. The van der Waals surface area contributed by atoms with Gasteiger partial charge in [-0.15, -0.1) is 0 Å². The third kappa shape index (κ3) is 3.36. The van der Waals surface area contributed by atoms with Gasteiger partial charge in [-0.1, -0.05) is 22.0 Å². The average molecular weight is 335 g/mol. The number of halogens is 1. The second kappa shape index (κ2) is 6.52. The molecular weight excluding hydrogens is 320 g/mol. The van der Waals surface area contributed by atoms with Gasteiger partial charge in [-0.3, -0.25) is 4.79 Å². The molecule has 1 aromatic carbocycles. The van der Waals surface area contributed by atoms with Gasteiger partial charge in [0.2, 0.25) is 5.88 Å². The largest absolute Gasteiger partial charge is 0.480 e. The lowest BCUT2D eigenvalue weighted by atomic mass is 10.1. The number of ether oxygens (including phenoxy) is 1. The summed E-state index contributed by atoms with van der Waals surface area (Å²) in [6.07, 6.45) is 1.59. The van der Waals surface area contributed by atoms with E-state index < -0.39 is 0 Å². The van der Waals surface area contributed by atoms with Crippen molar-refractivity contribution in [1.29, 1.82) is 0 Å². The second-order valence-corrected chi connectivity index (χ2v) is 5.23. The number of hydrogen-bond acceptors (Lipinski definition) is 3. The molecule has 0 bridgehead atoms. The quantitative estimate of drug-likeness (QED) is 0.934. The van der Waals surface area contributed by atoms with Crippen molar-refractivity contribution in [3.8, 4) is 5.88 Å². The summed E-state index contributed by atoms with van der Waals surface area (Å²) in [5.74, 6) is 0.134. The molecule has 20 heavy (non-hydrogen) atoms. The van der Waals surface area contributed by atoms with E-state index in [1.807, 2.05) is 25.1 Å². The maximum Gasteiger partial charge on any atom is 0.257 e. The second-order valence-electron chi connectivity index (χ2n) is 4.31. The van der Waals surface area contributed by atoms with Gasteiger partial charge < -0.3 is 10.1 Å². The van der Waals surface area contributed by atoms with Crippen LogP contribution < -0.4 is 10.1 Å². The van der Waals surface area contributed by atoms with Gasteiger partial charge in [-0.05, 0) is 42.3 Å². The Balaban J connectivity index is 2.09. The summed E-state index contributed by atoms with van der Waals surface area (Å²) in [7, 11) is 1.50. The highest BCUT2D eigenvalue weighted by Crippen LogP contribution is 2.17. The number of methoxy groups -OCH3 is 1. The maximum absolute atomic E-state index is 12.1. The Morgan fingerprint density at radius 1 is 1.40 bits per heavy atom. The first kappa shape index (κ1) is 14.5. The number of rotatable bonds is 4. The van der Waals surface area contributed by atoms with E-state index in [1.54, 1.807) is 18.3 Å². The molecule has 2 aromatic rings. The van der Waals surface area contributed by atoms with E-state index in [-0.39, 0.29) is 5.91 Å². The molecule has 4 nitrogen and oxygen atoms in total. The molecule has 0 radical (unpaired) electrons. The minimum atomic E-state index is -0.197. The zero-order chi connectivity index (χ0) is 14.5. The monoisotopic (exact) mass is 334 g/mol. The molecule has 0 aliphatic rings. The number of aryl methyl sites for hydroxylation is 1. The van der Waals surface area contributed by atoms with E-state index in [0.717, 1.165) is 15.6 Å². The lowest BCUT2D eigenvalue weighted by molar-refractivity contribution is 0.0947. The Kier molecular flexibility index (Phi) is 4.74. The molecule has 5 heteroatoms. The Bertz CT molecular complexity index is 629. The molecule has 0 aliphatic carbocycles. The van der Waals surface area contributed by atoms with Crippen LogP contribution in [0.3, 0.4) is 0 Å². The smallest absolute Gasteiger partial charge is 0.257 e. The Morgan fingerprint density at radius 2 is 2.20 bits per heavy atom. The molecule has 0 saturated heterocycles. The number of hydrogen-bond donors (Lipinski definition) is 1. The first-order valence-corrected chi connectivity index (χ1v) is 6.93. The molecule has 1 heterocycles. The van der Waals surface area contributed by atoms with Crippen LogP contribution >= 0.6 is 15.9 Å². The number of nitrogens with zero attached hydrogens (tertiary/aromatic N) is 1. The third-order valence-corrected chi connectivity index (χ3v) is 3.45. The summed E-state index contributed by atoms with van der Waals surface area (Å²) in [6, 6.07) is 9.36. The summed E-state index contributed by atoms with van der Waals surface area (Å²) in [5, 5.41) is 2.88. The minimum absolute atomic E-state index is 0.197. The SMILES string of the molecule is COc1ncccc1C(=O)NCc1ccc(Br)cc1C. The normalized spacial score (nSPS) is 10.2. The molecule has 1 N–H and O–H groups in total. The van der Waals surface area contributed by atoms with Crippen LogP contribution in [0.5, 0.6) is 5.88 Å². The molecule has 104 valence electrons. The topological polar surface area (TPSA) is 51.2 Å². The lowest BCUT2D eigenvalue weighted by Crippen LogP contribution is -2.24. The fraction of sp³-hybridized carbons (Fsp3) is 0.200. The first-order chi connectivity index (χ1) is 9.61. The molecule has 0 saturated carbocycles. The van der Waals surface area contributed by atoms with Crippen LogP contribution in [-0.2, 0) is 6.54 Å². The Morgan fingerprint density at radius 3 is 2.90 bits per heavy atom. The Hall–Kier alpha value is -1.88. The summed E-state index contributed by atoms with van der Waals surface area (Å²) in [6.45, 7) is 2.48. The van der Waals surface area contributed by atoms with Crippen LogP contribution in [0.25, 0.3) is 0 Å². The molecule has 0 unspecified atom stereocenters. The van der Waals surface area contributed by atoms with Gasteiger partial charge in [0, 0.05) is 17.2 Å². The van der Waals surface area contributed by atoms with E-state index in [1.165, 1.54) is 7.11 Å². The molecule has 1 amide bonds. The van der Waals surface area contributed by atoms with E-state index in [9.17, 15) is 4.79 Å². The highest BCUT2D eigenvalue weighted by atomic mass is 79.9. The van der Waals surface area contributed by atoms with Gasteiger partial charge in [-0.2, -0.15) is 0 Å². The molecule has 0 spiro atoms. The highest BCUT2D eigenvalue weighted by molar-refractivity contribution is 9.10. The fourth-order valence-electron chi connectivity index (χ4n) is 1.85. The van der Waals surface area contributed by atoms with E-state index in [2.05, 4.69) is 26.2 Å². The van der Waals surface area contributed by atoms with Crippen LogP contribution in [0.1, 0.15) is 21.5 Å². The van der Waals surface area contributed by atoms with E-state index in [0.29, 0.717) is 18.0 Å². The summed E-state index contributed by atoms with van der Waals surface area (Å²) >= 11 is 3.42. The van der Waals surface area contributed by atoms with Crippen LogP contribution in [0.4, 0.5) is 0 Å². The van der Waals surface area contributed by atoms with Crippen molar-refractivity contribution in [1.82, 2.24) is 10.3 Å². The van der Waals surface area contributed by atoms with Gasteiger partial charge in [-0.25, -0.2) is 4.98 Å². The molecule has 1 aromatic heterocycles. The van der Waals surface area contributed by atoms with Crippen LogP contribution in [-0.4, -0.2) is 18.0 Å². The van der Waals surface area contributed by atoms with Crippen molar-refractivity contribution < 1.29 is 9.53 Å². The summed E-state index contributed by atoms with van der Waals surface area (Å²) in [5.41, 5.74) is 2.63. The Labute approximate surface area is 126 Å². The van der Waals surface area contributed by atoms with Gasteiger partial charge in [0.1, 0.15) is 5.56 Å². The van der Waals surface area contributed by atoms with Crippen LogP contribution in [0, 0.1) is 6.92 Å². The number of benzene rings is 1. The zero-order valence-corrected chi connectivity index (χ0v) is 12.9. The van der Waals surface area contributed by atoms with Crippen molar-refractivity contribution >= 4 is 21.8 Å². The first-order valence-electron chi connectivity index (χ1n) is 6.14. The van der Waals surface area contributed by atoms with Crippen molar-refractivity contribution in [2.75, 3.05) is 7.11 Å². The lowest BCUT2D eigenvalue weighted by Gasteiger charge is -2.10. The van der Waals surface area contributed by atoms with Crippen molar-refractivity contribution in [3.05, 3.63) is 57.7 Å². The van der Waals surface area contributed by atoms with E-state index in [4.69, 9.17) is 4.74 Å². The molecular formula is C15H15BrN2O2. The molecule has 0 atom stereocenters. The van der Waals surface area contributed by atoms with Crippen molar-refractivity contribution in [2.45, 2.75) is 13.5 Å². The summed E-state index contributed by atoms with van der Waals surface area (Å²) in [4.78, 5) is 16.1.